The van der Waals surface area contributed by atoms with Crippen LogP contribution in [0.15, 0.2) is 24.3 Å². The molecule has 8 nitrogen and oxygen atoms in total. The number of carbonyl (C=O) groups is 4. The highest BCUT2D eigenvalue weighted by molar-refractivity contribution is 6.15. The van der Waals surface area contributed by atoms with E-state index in [1.807, 2.05) is 0 Å². The minimum Gasteiger partial charge on any atom is -0.457 e. The molecule has 0 N–H and O–H groups in total. The molecule has 1 atom stereocenters. The number of amides is 2. The number of carbonyl (C=O) groups excluding carboxylic acids is 4. The lowest BCUT2D eigenvalue weighted by molar-refractivity contribution is -0.171. The zero-order chi connectivity index (χ0) is 20.0. The van der Waals surface area contributed by atoms with E-state index in [9.17, 15) is 19.2 Å². The summed E-state index contributed by atoms with van der Waals surface area (Å²) in [5, 5.41) is 0. The Morgan fingerprint density at radius 1 is 1.19 bits per heavy atom. The molecule has 8 heteroatoms. The first kappa shape index (κ1) is 18.9. The van der Waals surface area contributed by atoms with Crippen molar-refractivity contribution in [2.45, 2.75) is 44.9 Å². The number of hydrogen-bond donors (Lipinski definition) is 0. The number of anilines is 1. The van der Waals surface area contributed by atoms with E-state index in [4.69, 9.17) is 9.47 Å². The van der Waals surface area contributed by atoms with Crippen LogP contribution in [0.2, 0.25) is 0 Å². The minimum absolute atomic E-state index is 0.0908. The molecule has 0 aliphatic carbocycles. The third kappa shape index (κ3) is 3.05. The highest BCUT2D eigenvalue weighted by atomic mass is 16.6. The van der Waals surface area contributed by atoms with Gasteiger partial charge in [0.15, 0.2) is 6.61 Å². The summed E-state index contributed by atoms with van der Waals surface area (Å²) < 4.78 is 10.3. The molecule has 0 aromatic heterocycles. The molecule has 0 saturated carbocycles. The summed E-state index contributed by atoms with van der Waals surface area (Å²) in [6.07, 6.45) is 0.184. The summed E-state index contributed by atoms with van der Waals surface area (Å²) in [6.45, 7) is 4.51. The maximum Gasteiger partial charge on any atom is 0.354 e. The quantitative estimate of drug-likeness (QED) is 0.744. The molecule has 0 spiro atoms. The Balaban J connectivity index is 1.91. The van der Waals surface area contributed by atoms with E-state index in [0.29, 0.717) is 11.3 Å². The number of rotatable bonds is 3. The molecule has 144 valence electrons. The van der Waals surface area contributed by atoms with Gasteiger partial charge in [-0.05, 0) is 32.9 Å². The highest BCUT2D eigenvalue weighted by Gasteiger charge is 2.60. The molecule has 1 aromatic carbocycles. The van der Waals surface area contributed by atoms with Crippen LogP contribution >= 0.6 is 0 Å². The molecular formula is C19H22N2O6. The van der Waals surface area contributed by atoms with Gasteiger partial charge in [-0.3, -0.25) is 14.5 Å². The maximum absolute atomic E-state index is 13.0. The molecule has 27 heavy (non-hydrogen) atoms. The average Bonchev–Trinajstić information content (AvgIpc) is 2.95. The van der Waals surface area contributed by atoms with Crippen molar-refractivity contribution in [3.8, 4) is 0 Å². The van der Waals surface area contributed by atoms with E-state index < -0.39 is 29.8 Å². The van der Waals surface area contributed by atoms with Gasteiger partial charge in [0.2, 0.25) is 11.6 Å². The zero-order valence-electron chi connectivity index (χ0n) is 15.8. The van der Waals surface area contributed by atoms with Gasteiger partial charge in [0.25, 0.3) is 5.91 Å². The van der Waals surface area contributed by atoms with Crippen molar-refractivity contribution < 1.29 is 28.7 Å². The number of ether oxygens (including phenoxy) is 2. The van der Waals surface area contributed by atoms with Gasteiger partial charge in [0, 0.05) is 19.9 Å². The third-order valence-corrected chi connectivity index (χ3v) is 4.61. The van der Waals surface area contributed by atoms with Gasteiger partial charge < -0.3 is 14.4 Å². The van der Waals surface area contributed by atoms with Crippen LogP contribution in [-0.2, 0) is 23.9 Å². The number of nitrogens with zero attached hydrogens (tertiary/aromatic N) is 2. The van der Waals surface area contributed by atoms with E-state index in [0.717, 1.165) is 0 Å². The van der Waals surface area contributed by atoms with E-state index in [-0.39, 0.29) is 24.7 Å². The predicted molar refractivity (Wildman–Crippen MR) is 94.8 cm³/mol. The SMILES string of the molecule is CN1C(=O)c2ccccc2N2C(=O)CCC12C(=O)OCC(=O)OC(C)(C)C. The lowest BCUT2D eigenvalue weighted by atomic mass is 9.97. The van der Waals surface area contributed by atoms with Crippen molar-refractivity contribution in [1.29, 1.82) is 0 Å². The van der Waals surface area contributed by atoms with Crippen molar-refractivity contribution in [1.82, 2.24) is 4.90 Å². The van der Waals surface area contributed by atoms with Crippen molar-refractivity contribution in [2.75, 3.05) is 18.6 Å². The Bertz CT molecular complexity index is 828. The Morgan fingerprint density at radius 3 is 2.52 bits per heavy atom. The molecular weight excluding hydrogens is 352 g/mol. The van der Waals surface area contributed by atoms with Crippen LogP contribution < -0.4 is 4.90 Å². The van der Waals surface area contributed by atoms with Gasteiger partial charge >= 0.3 is 11.9 Å². The van der Waals surface area contributed by atoms with Crippen molar-refractivity contribution in [3.63, 3.8) is 0 Å². The van der Waals surface area contributed by atoms with Gasteiger partial charge in [-0.2, -0.15) is 0 Å². The number of esters is 2. The molecule has 1 saturated heterocycles. The Morgan fingerprint density at radius 2 is 1.85 bits per heavy atom. The predicted octanol–water partition coefficient (Wildman–Crippen LogP) is 1.48. The normalized spacial score (nSPS) is 21.6. The summed E-state index contributed by atoms with van der Waals surface area (Å²) in [5.74, 6) is -2.19. The lowest BCUT2D eigenvalue weighted by Crippen LogP contribution is -2.67. The van der Waals surface area contributed by atoms with Crippen LogP contribution in [0.4, 0.5) is 5.69 Å². The number of benzene rings is 1. The molecule has 2 aliphatic heterocycles. The van der Waals surface area contributed by atoms with Crippen LogP contribution in [-0.4, -0.2) is 53.6 Å². The fourth-order valence-corrected chi connectivity index (χ4v) is 3.50. The smallest absolute Gasteiger partial charge is 0.354 e. The standard InChI is InChI=1S/C19H22N2O6/c1-18(2,3)27-15(23)11-26-17(25)19-10-9-14(22)21(19)13-8-6-5-7-12(13)16(24)20(19)4/h5-8H,9-11H2,1-4H3. The molecule has 1 unspecified atom stereocenters. The number of para-hydroxylation sites is 1. The molecule has 3 rings (SSSR count). The first-order chi connectivity index (χ1) is 12.6. The first-order valence-corrected chi connectivity index (χ1v) is 8.67. The maximum atomic E-state index is 13.0. The second-order valence-corrected chi connectivity index (χ2v) is 7.59. The van der Waals surface area contributed by atoms with Crippen LogP contribution in [0, 0.1) is 0 Å². The van der Waals surface area contributed by atoms with E-state index >= 15 is 0 Å². The molecule has 1 aromatic rings. The Kier molecular flexibility index (Phi) is 4.45. The van der Waals surface area contributed by atoms with E-state index in [2.05, 4.69) is 0 Å². The summed E-state index contributed by atoms with van der Waals surface area (Å²) in [7, 11) is 1.46. The Hall–Kier alpha value is -2.90. The van der Waals surface area contributed by atoms with Crippen LogP contribution in [0.25, 0.3) is 0 Å². The van der Waals surface area contributed by atoms with Gasteiger partial charge in [-0.15, -0.1) is 0 Å². The number of hydrogen-bond acceptors (Lipinski definition) is 6. The fraction of sp³-hybridized carbons (Fsp3) is 0.474. The lowest BCUT2D eigenvalue weighted by Gasteiger charge is -2.46. The topological polar surface area (TPSA) is 93.2 Å². The summed E-state index contributed by atoms with van der Waals surface area (Å²) in [6, 6.07) is 6.62. The molecule has 0 bridgehead atoms. The minimum atomic E-state index is -1.59. The van der Waals surface area contributed by atoms with E-state index in [1.54, 1.807) is 45.0 Å². The monoisotopic (exact) mass is 374 g/mol. The third-order valence-electron chi connectivity index (χ3n) is 4.61. The summed E-state index contributed by atoms with van der Waals surface area (Å²) >= 11 is 0. The molecule has 2 amide bonds. The van der Waals surface area contributed by atoms with Gasteiger partial charge in [0.1, 0.15) is 5.60 Å². The average molecular weight is 374 g/mol. The van der Waals surface area contributed by atoms with Crippen molar-refractivity contribution in [2.24, 2.45) is 0 Å². The second-order valence-electron chi connectivity index (χ2n) is 7.59. The molecule has 1 fully saturated rings. The van der Waals surface area contributed by atoms with Crippen LogP contribution in [0.5, 0.6) is 0 Å². The molecule has 0 radical (unpaired) electrons. The largest absolute Gasteiger partial charge is 0.457 e. The van der Waals surface area contributed by atoms with Gasteiger partial charge in [0.05, 0.1) is 11.3 Å². The Labute approximate surface area is 157 Å². The number of fused-ring (bicyclic) bond motifs is 3. The van der Waals surface area contributed by atoms with E-state index in [1.165, 1.54) is 16.8 Å². The first-order valence-electron chi connectivity index (χ1n) is 8.67. The van der Waals surface area contributed by atoms with Crippen LogP contribution in [0.1, 0.15) is 44.0 Å². The fourth-order valence-electron chi connectivity index (χ4n) is 3.50. The summed E-state index contributed by atoms with van der Waals surface area (Å²) in [4.78, 5) is 52.7. The highest BCUT2D eigenvalue weighted by Crippen LogP contribution is 2.44. The van der Waals surface area contributed by atoms with Crippen molar-refractivity contribution in [3.05, 3.63) is 29.8 Å². The van der Waals surface area contributed by atoms with Crippen molar-refractivity contribution >= 4 is 29.4 Å². The van der Waals surface area contributed by atoms with Gasteiger partial charge in [-0.1, -0.05) is 12.1 Å². The summed E-state index contributed by atoms with van der Waals surface area (Å²) in [5.41, 5.74) is -1.60. The van der Waals surface area contributed by atoms with Crippen LogP contribution in [0.3, 0.4) is 0 Å². The zero-order valence-corrected chi connectivity index (χ0v) is 15.8. The number of likely N-dealkylation sites (N-methyl/N-ethyl adjacent to an activating group) is 1. The molecule has 2 heterocycles. The second kappa shape index (κ2) is 6.37. The van der Waals surface area contributed by atoms with Gasteiger partial charge in [-0.25, -0.2) is 9.59 Å². The molecule has 2 aliphatic rings.